The molecular weight excluding hydrogens is 388 g/mol. The molecule has 0 spiro atoms. The number of rotatable bonds is 4. The molecule has 4 atom stereocenters. The number of fused-ring (bicyclic) bond motifs is 1. The Morgan fingerprint density at radius 1 is 1.34 bits per heavy atom. The number of nitrogens with zero attached hydrogens (tertiary/aromatic N) is 4. The molecule has 2 fully saturated rings. The van der Waals surface area contributed by atoms with Crippen molar-refractivity contribution in [2.75, 3.05) is 30.9 Å². The zero-order valence-electron chi connectivity index (χ0n) is 16.5. The van der Waals surface area contributed by atoms with E-state index >= 15 is 0 Å². The maximum atomic E-state index is 12.3. The fourth-order valence-corrected chi connectivity index (χ4v) is 5.45. The van der Waals surface area contributed by atoms with Gasteiger partial charge in [-0.2, -0.15) is 0 Å². The van der Waals surface area contributed by atoms with Gasteiger partial charge in [-0.1, -0.05) is 0 Å². The van der Waals surface area contributed by atoms with E-state index in [9.17, 15) is 4.21 Å². The zero-order valence-corrected chi connectivity index (χ0v) is 17.3. The van der Waals surface area contributed by atoms with Crippen molar-refractivity contribution in [1.82, 2.24) is 19.9 Å². The second kappa shape index (κ2) is 6.77. The number of hydrogen-bond acceptors (Lipinski definition) is 7. The van der Waals surface area contributed by atoms with E-state index in [4.69, 9.17) is 19.5 Å². The van der Waals surface area contributed by atoms with Gasteiger partial charge in [-0.25, -0.2) is 19.2 Å². The summed E-state index contributed by atoms with van der Waals surface area (Å²) in [4.78, 5) is 19.5. The summed E-state index contributed by atoms with van der Waals surface area (Å²) < 4.78 is 25.8. The Labute approximate surface area is 169 Å². The predicted octanol–water partition coefficient (Wildman–Crippen LogP) is 2.78. The van der Waals surface area contributed by atoms with Crippen molar-refractivity contribution >= 4 is 26.6 Å². The summed E-state index contributed by atoms with van der Waals surface area (Å²) in [6.07, 6.45) is 5.88. The molecule has 5 rings (SSSR count). The molecule has 3 aromatic rings. The first kappa shape index (κ1) is 18.5. The lowest BCUT2D eigenvalue weighted by Crippen LogP contribution is -2.44. The minimum absolute atomic E-state index is 0.0467. The van der Waals surface area contributed by atoms with E-state index in [2.05, 4.69) is 21.8 Å². The highest BCUT2D eigenvalue weighted by Gasteiger charge is 2.45. The molecule has 0 radical (unpaired) electrons. The van der Waals surface area contributed by atoms with Crippen molar-refractivity contribution in [3.63, 3.8) is 0 Å². The van der Waals surface area contributed by atoms with E-state index in [-0.39, 0.29) is 17.2 Å². The molecule has 2 N–H and O–H groups in total. The molecule has 0 unspecified atom stereocenters. The number of ether oxygens (including phenoxy) is 1. The topological polar surface area (TPSA) is 108 Å². The number of hydrogen-bond donors (Lipinski definition) is 2. The van der Waals surface area contributed by atoms with E-state index in [0.717, 1.165) is 41.1 Å². The van der Waals surface area contributed by atoms with Crippen LogP contribution >= 0.6 is 0 Å². The third-order valence-corrected chi connectivity index (χ3v) is 7.46. The highest BCUT2D eigenvalue weighted by Crippen LogP contribution is 2.46. The molecule has 0 bridgehead atoms. The molecule has 1 aliphatic heterocycles. The third-order valence-electron chi connectivity index (χ3n) is 5.78. The fourth-order valence-electron chi connectivity index (χ4n) is 4.11. The molecule has 29 heavy (non-hydrogen) atoms. The predicted molar refractivity (Wildman–Crippen MR) is 113 cm³/mol. The lowest BCUT2D eigenvalue weighted by molar-refractivity contribution is 0.0985. The van der Waals surface area contributed by atoms with Crippen LogP contribution in [0.3, 0.4) is 0 Å². The van der Waals surface area contributed by atoms with Gasteiger partial charge in [0.1, 0.15) is 11.5 Å². The lowest BCUT2D eigenvalue weighted by Gasteiger charge is -2.34. The Kier molecular flexibility index (Phi) is 4.32. The average Bonchev–Trinajstić information content (AvgIpc) is 3.38. The molecule has 1 saturated carbocycles. The third kappa shape index (κ3) is 3.38. The molecule has 1 aliphatic carbocycles. The van der Waals surface area contributed by atoms with Crippen LogP contribution in [0.25, 0.3) is 22.4 Å². The van der Waals surface area contributed by atoms with Gasteiger partial charge in [0, 0.05) is 57.9 Å². The van der Waals surface area contributed by atoms with Gasteiger partial charge in [-0.3, -0.25) is 4.78 Å². The number of aromatic nitrogens is 4. The van der Waals surface area contributed by atoms with Crippen LogP contribution in [-0.2, 0) is 14.5 Å². The fraction of sp³-hybridized carbons (Fsp3) is 0.450. The van der Waals surface area contributed by atoms with Gasteiger partial charge < -0.3 is 14.6 Å². The Balaban J connectivity index is 1.63. The van der Waals surface area contributed by atoms with E-state index < -0.39 is 9.73 Å². The smallest absolute Gasteiger partial charge is 0.162 e. The minimum Gasteiger partial charge on any atom is -0.377 e. The quantitative estimate of drug-likeness (QED) is 0.682. The van der Waals surface area contributed by atoms with Gasteiger partial charge in [0.2, 0.25) is 0 Å². The SMILES string of the molecule is C[C@@H]1COCCN1c1cc([C@@H]2C[C@H]2[S@@](C)(=N)=O)nc(-c2ccnc3[nH]ccc23)n1. The summed E-state index contributed by atoms with van der Waals surface area (Å²) in [7, 11) is -2.59. The van der Waals surface area contributed by atoms with Gasteiger partial charge in [-0.05, 0) is 25.5 Å². The number of morpholine rings is 1. The van der Waals surface area contributed by atoms with Crippen LogP contribution in [0, 0.1) is 4.78 Å². The van der Waals surface area contributed by atoms with Crippen LogP contribution in [0.15, 0.2) is 30.6 Å². The molecule has 8 nitrogen and oxygen atoms in total. The first-order valence-electron chi connectivity index (χ1n) is 9.80. The van der Waals surface area contributed by atoms with E-state index in [0.29, 0.717) is 19.0 Å². The lowest BCUT2D eigenvalue weighted by atomic mass is 10.1. The van der Waals surface area contributed by atoms with Crippen LogP contribution in [0.2, 0.25) is 0 Å². The normalized spacial score (nSPS) is 26.4. The molecule has 0 amide bonds. The summed E-state index contributed by atoms with van der Waals surface area (Å²) in [5, 5.41) is 0.836. The largest absolute Gasteiger partial charge is 0.377 e. The van der Waals surface area contributed by atoms with Gasteiger partial charge in [0.15, 0.2) is 5.82 Å². The first-order valence-corrected chi connectivity index (χ1v) is 11.8. The standard InChI is InChI=1S/C20H24N6O2S/c1-12-11-28-8-7-26(12)18-10-16(15-9-17(15)29(2,21)27)24-20(25-18)14-4-6-23-19-13(14)3-5-22-19/h3-6,10,12,15,17,21H,7-9,11H2,1-2H3,(H,22,23)/t12-,15+,17-,29+/m1/s1. The van der Waals surface area contributed by atoms with Crippen molar-refractivity contribution in [2.45, 2.75) is 30.6 Å². The summed E-state index contributed by atoms with van der Waals surface area (Å²) in [5.74, 6) is 1.55. The second-order valence-corrected chi connectivity index (χ2v) is 10.4. The highest BCUT2D eigenvalue weighted by atomic mass is 32.2. The molecule has 9 heteroatoms. The van der Waals surface area contributed by atoms with Gasteiger partial charge in [0.05, 0.1) is 30.2 Å². The molecule has 1 saturated heterocycles. The Morgan fingerprint density at radius 3 is 2.97 bits per heavy atom. The van der Waals surface area contributed by atoms with Crippen LogP contribution in [0.4, 0.5) is 5.82 Å². The molecule has 152 valence electrons. The van der Waals surface area contributed by atoms with Crippen molar-refractivity contribution in [1.29, 1.82) is 4.78 Å². The molecular formula is C20H24N6O2S. The van der Waals surface area contributed by atoms with Gasteiger partial charge in [0.25, 0.3) is 0 Å². The molecule has 4 heterocycles. The number of anilines is 1. The number of H-pyrrole nitrogens is 1. The van der Waals surface area contributed by atoms with Crippen LogP contribution < -0.4 is 4.90 Å². The van der Waals surface area contributed by atoms with Crippen LogP contribution in [-0.4, -0.2) is 61.5 Å². The Morgan fingerprint density at radius 2 is 2.21 bits per heavy atom. The van der Waals surface area contributed by atoms with E-state index in [1.165, 1.54) is 6.26 Å². The van der Waals surface area contributed by atoms with Crippen molar-refractivity contribution in [3.05, 3.63) is 36.3 Å². The Bertz CT molecular complexity index is 1170. The van der Waals surface area contributed by atoms with Crippen molar-refractivity contribution < 1.29 is 8.95 Å². The molecule has 2 aliphatic rings. The average molecular weight is 413 g/mol. The summed E-state index contributed by atoms with van der Waals surface area (Å²) in [5.41, 5.74) is 2.58. The number of pyridine rings is 1. The first-order chi connectivity index (χ1) is 13.9. The van der Waals surface area contributed by atoms with Crippen molar-refractivity contribution in [2.24, 2.45) is 0 Å². The number of aromatic amines is 1. The number of nitrogens with one attached hydrogen (secondary N) is 2. The summed E-state index contributed by atoms with van der Waals surface area (Å²) >= 11 is 0. The zero-order chi connectivity index (χ0) is 20.2. The summed E-state index contributed by atoms with van der Waals surface area (Å²) in [6, 6.07) is 6.13. The minimum atomic E-state index is -2.59. The summed E-state index contributed by atoms with van der Waals surface area (Å²) in [6.45, 7) is 4.22. The highest BCUT2D eigenvalue weighted by molar-refractivity contribution is 7.92. The monoisotopic (exact) mass is 412 g/mol. The molecule has 3 aromatic heterocycles. The second-order valence-electron chi connectivity index (χ2n) is 7.97. The van der Waals surface area contributed by atoms with Gasteiger partial charge in [-0.15, -0.1) is 0 Å². The van der Waals surface area contributed by atoms with Gasteiger partial charge >= 0.3 is 0 Å². The van der Waals surface area contributed by atoms with Crippen LogP contribution in [0.5, 0.6) is 0 Å². The maximum Gasteiger partial charge on any atom is 0.162 e. The van der Waals surface area contributed by atoms with Crippen molar-refractivity contribution in [3.8, 4) is 11.4 Å². The van der Waals surface area contributed by atoms with Crippen LogP contribution in [0.1, 0.15) is 25.0 Å². The maximum absolute atomic E-state index is 12.3. The molecule has 0 aromatic carbocycles. The van der Waals surface area contributed by atoms with E-state index in [1.54, 1.807) is 6.20 Å². The van der Waals surface area contributed by atoms with E-state index in [1.807, 2.05) is 24.4 Å². The Hall–Kier alpha value is -2.52.